The summed E-state index contributed by atoms with van der Waals surface area (Å²) in [5, 5.41) is 15.6. The van der Waals surface area contributed by atoms with Crippen molar-refractivity contribution < 1.29 is 23.1 Å². The van der Waals surface area contributed by atoms with Crippen molar-refractivity contribution in [1.29, 1.82) is 0 Å². The molecule has 0 radical (unpaired) electrons. The quantitative estimate of drug-likeness (QED) is 0.340. The standard InChI is InChI=1S/C21H21N3O4S.CH2O/c1-14-3-2-4-18(11-14)29(27,28)13-23-17-9-10-19(20(25)12-17)24-21(26)15-5-7-16(22)8-6-15;1-2/h2-12,23,25H,13,22H2,1H3,(H,24,26);1H2. The van der Waals surface area contributed by atoms with Gasteiger partial charge in [-0.05, 0) is 61.0 Å². The molecule has 0 spiro atoms. The molecule has 0 aliphatic heterocycles. The predicted octanol–water partition coefficient (Wildman–Crippen LogP) is 3.19. The Bertz CT molecular complexity index is 1160. The molecule has 0 bridgehead atoms. The second kappa shape index (κ2) is 10.3. The Balaban J connectivity index is 0.00000166. The van der Waals surface area contributed by atoms with Crippen LogP contribution in [0.1, 0.15) is 15.9 Å². The number of phenolic OH excluding ortho intramolecular Hbond substituents is 1. The molecule has 9 heteroatoms. The van der Waals surface area contributed by atoms with Crippen LogP contribution in [0.4, 0.5) is 17.1 Å². The van der Waals surface area contributed by atoms with Crippen molar-refractivity contribution >= 4 is 39.6 Å². The smallest absolute Gasteiger partial charge is 0.255 e. The molecule has 5 N–H and O–H groups in total. The van der Waals surface area contributed by atoms with Crippen molar-refractivity contribution in [3.8, 4) is 5.75 Å². The SMILES string of the molecule is C=O.Cc1cccc(S(=O)(=O)CNc2ccc(NC(=O)c3ccc(N)cc3)c(O)c2)c1. The molecule has 0 aliphatic rings. The highest BCUT2D eigenvalue weighted by Gasteiger charge is 2.15. The van der Waals surface area contributed by atoms with Crippen molar-refractivity contribution in [3.63, 3.8) is 0 Å². The number of aryl methyl sites for hydroxylation is 1. The molecule has 3 aromatic carbocycles. The second-order valence-electron chi connectivity index (χ2n) is 6.56. The molecule has 0 aliphatic carbocycles. The molecule has 3 aromatic rings. The maximum atomic E-state index is 12.4. The van der Waals surface area contributed by atoms with E-state index in [1.165, 1.54) is 18.2 Å². The van der Waals surface area contributed by atoms with Crippen molar-refractivity contribution in [2.24, 2.45) is 0 Å². The van der Waals surface area contributed by atoms with Gasteiger partial charge in [0.2, 0.25) is 0 Å². The fourth-order valence-corrected chi connectivity index (χ4v) is 3.82. The van der Waals surface area contributed by atoms with Gasteiger partial charge in [0.15, 0.2) is 9.84 Å². The fraction of sp³-hybridized carbons (Fsp3) is 0.0909. The summed E-state index contributed by atoms with van der Waals surface area (Å²) in [6.07, 6.45) is 0. The lowest BCUT2D eigenvalue weighted by Crippen LogP contribution is -2.15. The average Bonchev–Trinajstić information content (AvgIpc) is 2.76. The Morgan fingerprint density at radius 3 is 2.32 bits per heavy atom. The molecule has 0 fully saturated rings. The van der Waals surface area contributed by atoms with Gasteiger partial charge in [0.1, 0.15) is 18.4 Å². The van der Waals surface area contributed by atoms with Crippen LogP contribution in [0.25, 0.3) is 0 Å². The number of anilines is 3. The summed E-state index contributed by atoms with van der Waals surface area (Å²) in [6, 6.07) is 17.4. The molecule has 0 atom stereocenters. The van der Waals surface area contributed by atoms with E-state index in [-0.39, 0.29) is 22.2 Å². The average molecular weight is 442 g/mol. The number of nitrogens with two attached hydrogens (primary N) is 1. The number of carbonyl (C=O) groups excluding carboxylic acids is 2. The lowest BCUT2D eigenvalue weighted by molar-refractivity contribution is -0.0980. The Kier molecular flexibility index (Phi) is 7.75. The van der Waals surface area contributed by atoms with E-state index >= 15 is 0 Å². The second-order valence-corrected chi connectivity index (χ2v) is 8.55. The van der Waals surface area contributed by atoms with Gasteiger partial charge in [0, 0.05) is 23.0 Å². The van der Waals surface area contributed by atoms with Crippen molar-refractivity contribution in [1.82, 2.24) is 0 Å². The number of benzene rings is 3. The van der Waals surface area contributed by atoms with Crippen LogP contribution in [0, 0.1) is 6.92 Å². The van der Waals surface area contributed by atoms with E-state index in [2.05, 4.69) is 10.6 Å². The number of hydrogen-bond acceptors (Lipinski definition) is 7. The van der Waals surface area contributed by atoms with Crippen molar-refractivity contribution in [2.75, 3.05) is 22.2 Å². The molecule has 162 valence electrons. The number of sulfone groups is 1. The van der Waals surface area contributed by atoms with Crippen molar-refractivity contribution in [2.45, 2.75) is 11.8 Å². The highest BCUT2D eigenvalue weighted by molar-refractivity contribution is 7.91. The zero-order valence-electron chi connectivity index (χ0n) is 16.8. The predicted molar refractivity (Wildman–Crippen MR) is 121 cm³/mol. The van der Waals surface area contributed by atoms with E-state index in [1.807, 2.05) is 19.8 Å². The number of carbonyl (C=O) groups is 2. The van der Waals surface area contributed by atoms with E-state index in [9.17, 15) is 18.3 Å². The van der Waals surface area contributed by atoms with Gasteiger partial charge in [0.25, 0.3) is 5.91 Å². The number of aromatic hydroxyl groups is 1. The monoisotopic (exact) mass is 441 g/mol. The van der Waals surface area contributed by atoms with Crippen LogP contribution in [0.3, 0.4) is 0 Å². The Morgan fingerprint density at radius 1 is 1.03 bits per heavy atom. The zero-order valence-corrected chi connectivity index (χ0v) is 17.6. The molecular weight excluding hydrogens is 418 g/mol. The number of nitrogen functional groups attached to an aromatic ring is 1. The summed E-state index contributed by atoms with van der Waals surface area (Å²) in [5.41, 5.74) is 8.00. The third-order valence-corrected chi connectivity index (χ3v) is 5.73. The van der Waals surface area contributed by atoms with Crippen LogP contribution in [0.2, 0.25) is 0 Å². The lowest BCUT2D eigenvalue weighted by atomic mass is 10.2. The maximum absolute atomic E-state index is 12.4. The summed E-state index contributed by atoms with van der Waals surface area (Å²) in [7, 11) is -3.54. The van der Waals surface area contributed by atoms with Gasteiger partial charge < -0.3 is 26.3 Å². The van der Waals surface area contributed by atoms with Crippen LogP contribution < -0.4 is 16.4 Å². The highest BCUT2D eigenvalue weighted by Crippen LogP contribution is 2.27. The van der Waals surface area contributed by atoms with Gasteiger partial charge in [-0.3, -0.25) is 4.79 Å². The van der Waals surface area contributed by atoms with E-state index in [4.69, 9.17) is 10.5 Å². The topological polar surface area (TPSA) is 139 Å². The van der Waals surface area contributed by atoms with Gasteiger partial charge in [-0.1, -0.05) is 12.1 Å². The largest absolute Gasteiger partial charge is 0.506 e. The minimum absolute atomic E-state index is 0.188. The summed E-state index contributed by atoms with van der Waals surface area (Å²) in [6.45, 7) is 3.82. The first kappa shape index (κ1) is 23.4. The van der Waals surface area contributed by atoms with Crippen LogP contribution in [0.15, 0.2) is 71.6 Å². The third kappa shape index (κ3) is 6.31. The first-order valence-electron chi connectivity index (χ1n) is 9.07. The van der Waals surface area contributed by atoms with Crippen LogP contribution in [0.5, 0.6) is 5.75 Å². The molecule has 0 heterocycles. The Morgan fingerprint density at radius 2 is 1.71 bits per heavy atom. The van der Waals surface area contributed by atoms with E-state index in [0.29, 0.717) is 16.9 Å². The van der Waals surface area contributed by atoms with Gasteiger partial charge in [-0.15, -0.1) is 0 Å². The minimum Gasteiger partial charge on any atom is -0.506 e. The zero-order chi connectivity index (χ0) is 23.0. The summed E-state index contributed by atoms with van der Waals surface area (Å²) in [5.74, 6) is -0.915. The summed E-state index contributed by atoms with van der Waals surface area (Å²) >= 11 is 0. The number of amides is 1. The first-order chi connectivity index (χ1) is 14.7. The number of hydrogen-bond donors (Lipinski definition) is 4. The first-order valence-corrected chi connectivity index (χ1v) is 10.7. The Hall–Kier alpha value is -3.85. The molecule has 3 rings (SSSR count). The summed E-state index contributed by atoms with van der Waals surface area (Å²) < 4.78 is 24.9. The van der Waals surface area contributed by atoms with Crippen LogP contribution >= 0.6 is 0 Å². The highest BCUT2D eigenvalue weighted by atomic mass is 32.2. The number of nitrogens with one attached hydrogen (secondary N) is 2. The summed E-state index contributed by atoms with van der Waals surface area (Å²) in [4.78, 5) is 20.5. The Labute approximate surface area is 180 Å². The van der Waals surface area contributed by atoms with Gasteiger partial charge in [-0.25, -0.2) is 8.42 Å². The van der Waals surface area contributed by atoms with E-state index in [1.54, 1.807) is 42.5 Å². The molecular formula is C22H23N3O5S. The molecule has 0 unspecified atom stereocenters. The van der Waals surface area contributed by atoms with E-state index in [0.717, 1.165) is 5.56 Å². The molecule has 8 nitrogen and oxygen atoms in total. The fourth-order valence-electron chi connectivity index (χ4n) is 2.65. The number of phenols is 1. The van der Waals surface area contributed by atoms with Gasteiger partial charge in [0.05, 0.1) is 10.6 Å². The molecule has 0 saturated heterocycles. The minimum atomic E-state index is -3.54. The number of rotatable bonds is 6. The van der Waals surface area contributed by atoms with Crippen LogP contribution in [-0.2, 0) is 14.6 Å². The molecule has 31 heavy (non-hydrogen) atoms. The normalized spacial score (nSPS) is 10.5. The van der Waals surface area contributed by atoms with E-state index < -0.39 is 15.7 Å². The third-order valence-electron chi connectivity index (χ3n) is 4.23. The van der Waals surface area contributed by atoms with Gasteiger partial charge >= 0.3 is 0 Å². The van der Waals surface area contributed by atoms with Gasteiger partial charge in [-0.2, -0.15) is 0 Å². The molecule has 0 aromatic heterocycles. The molecule has 1 amide bonds. The maximum Gasteiger partial charge on any atom is 0.255 e. The van der Waals surface area contributed by atoms with Crippen LogP contribution in [-0.4, -0.2) is 32.1 Å². The van der Waals surface area contributed by atoms with Crippen molar-refractivity contribution in [3.05, 3.63) is 77.9 Å². The molecule has 0 saturated carbocycles. The lowest BCUT2D eigenvalue weighted by Gasteiger charge is -2.12.